The highest BCUT2D eigenvalue weighted by Gasteiger charge is 2.31. The zero-order valence-electron chi connectivity index (χ0n) is 10.8. The number of hydrazone groups is 1. The Labute approximate surface area is 110 Å². The molecule has 1 atom stereocenters. The standard InChI is InChI=1S/C12H17N3O4/c1-14-10(16)5-4-9(13-14)11(17)15-6-2-3-8(7-15)12(18)19/h8H,2-7H2,1H3,(H,18,19). The molecule has 2 aliphatic heterocycles. The van der Waals surface area contributed by atoms with E-state index in [1.807, 2.05) is 0 Å². The maximum Gasteiger partial charge on any atom is 0.308 e. The van der Waals surface area contributed by atoms with E-state index in [-0.39, 0.29) is 24.8 Å². The number of carboxylic acid groups (broad SMARTS) is 1. The summed E-state index contributed by atoms with van der Waals surface area (Å²) in [6, 6.07) is 0. The third-order valence-electron chi connectivity index (χ3n) is 3.51. The Morgan fingerprint density at radius 1 is 1.37 bits per heavy atom. The van der Waals surface area contributed by atoms with Crippen molar-refractivity contribution >= 4 is 23.5 Å². The van der Waals surface area contributed by atoms with Gasteiger partial charge in [0.05, 0.1) is 5.92 Å². The molecule has 0 aromatic carbocycles. The Kier molecular flexibility index (Phi) is 3.82. The minimum Gasteiger partial charge on any atom is -0.481 e. The molecule has 0 saturated carbocycles. The molecule has 2 amide bonds. The molecule has 0 aromatic rings. The second-order valence-corrected chi connectivity index (χ2v) is 4.89. The van der Waals surface area contributed by atoms with Gasteiger partial charge in [0.15, 0.2) is 0 Å². The molecule has 0 spiro atoms. The van der Waals surface area contributed by atoms with Gasteiger partial charge in [-0.25, -0.2) is 5.01 Å². The van der Waals surface area contributed by atoms with Crippen LogP contribution in [0, 0.1) is 5.92 Å². The topological polar surface area (TPSA) is 90.3 Å². The Hall–Kier alpha value is -1.92. The van der Waals surface area contributed by atoms with Crippen molar-refractivity contribution in [3.05, 3.63) is 0 Å². The summed E-state index contributed by atoms with van der Waals surface area (Å²) in [5, 5.41) is 14.1. The summed E-state index contributed by atoms with van der Waals surface area (Å²) in [5.41, 5.74) is 0.341. The van der Waals surface area contributed by atoms with Crippen molar-refractivity contribution in [2.24, 2.45) is 11.0 Å². The van der Waals surface area contributed by atoms with Crippen LogP contribution in [-0.4, -0.2) is 58.6 Å². The van der Waals surface area contributed by atoms with E-state index in [0.717, 1.165) is 0 Å². The quantitative estimate of drug-likeness (QED) is 0.757. The van der Waals surface area contributed by atoms with Crippen LogP contribution >= 0.6 is 0 Å². The first-order valence-electron chi connectivity index (χ1n) is 6.35. The zero-order valence-corrected chi connectivity index (χ0v) is 10.8. The van der Waals surface area contributed by atoms with Gasteiger partial charge in [-0.2, -0.15) is 5.10 Å². The second kappa shape index (κ2) is 5.38. The number of likely N-dealkylation sites (tertiary alicyclic amines) is 1. The highest BCUT2D eigenvalue weighted by molar-refractivity contribution is 6.39. The van der Waals surface area contributed by atoms with E-state index in [1.165, 1.54) is 17.0 Å². The van der Waals surface area contributed by atoms with Crippen molar-refractivity contribution in [3.63, 3.8) is 0 Å². The zero-order chi connectivity index (χ0) is 14.0. The molecule has 1 unspecified atom stereocenters. The smallest absolute Gasteiger partial charge is 0.308 e. The second-order valence-electron chi connectivity index (χ2n) is 4.89. The molecule has 0 bridgehead atoms. The van der Waals surface area contributed by atoms with Crippen molar-refractivity contribution in [1.82, 2.24) is 9.91 Å². The molecule has 0 radical (unpaired) electrons. The van der Waals surface area contributed by atoms with Gasteiger partial charge in [0.1, 0.15) is 5.71 Å². The Balaban J connectivity index is 2.05. The first-order valence-corrected chi connectivity index (χ1v) is 6.35. The van der Waals surface area contributed by atoms with Crippen LogP contribution in [0.2, 0.25) is 0 Å². The molecular weight excluding hydrogens is 250 g/mol. The van der Waals surface area contributed by atoms with E-state index in [1.54, 1.807) is 0 Å². The summed E-state index contributed by atoms with van der Waals surface area (Å²) in [6.07, 6.45) is 1.89. The number of hydrogen-bond donors (Lipinski definition) is 1. The largest absolute Gasteiger partial charge is 0.481 e. The summed E-state index contributed by atoms with van der Waals surface area (Å²) in [4.78, 5) is 36.0. The highest BCUT2D eigenvalue weighted by atomic mass is 16.4. The summed E-state index contributed by atoms with van der Waals surface area (Å²) < 4.78 is 0. The fraction of sp³-hybridized carbons (Fsp3) is 0.667. The maximum absolute atomic E-state index is 12.2. The molecule has 7 heteroatoms. The van der Waals surface area contributed by atoms with E-state index >= 15 is 0 Å². The Morgan fingerprint density at radius 3 is 2.74 bits per heavy atom. The van der Waals surface area contributed by atoms with Gasteiger partial charge in [0, 0.05) is 33.0 Å². The number of hydrogen-bond acceptors (Lipinski definition) is 4. The number of carboxylic acids is 1. The van der Waals surface area contributed by atoms with Crippen LogP contribution in [-0.2, 0) is 14.4 Å². The number of piperidine rings is 1. The van der Waals surface area contributed by atoms with Gasteiger partial charge in [-0.15, -0.1) is 0 Å². The van der Waals surface area contributed by atoms with Gasteiger partial charge in [0.2, 0.25) is 5.91 Å². The van der Waals surface area contributed by atoms with Gasteiger partial charge < -0.3 is 10.0 Å². The molecule has 2 rings (SSSR count). The SMILES string of the molecule is CN1N=C(C(=O)N2CCCC(C(=O)O)C2)CCC1=O. The first kappa shape index (κ1) is 13.5. The predicted octanol–water partition coefficient (Wildman–Crippen LogP) is -0.0822. The fourth-order valence-corrected chi connectivity index (χ4v) is 2.37. The van der Waals surface area contributed by atoms with Crippen molar-refractivity contribution in [3.8, 4) is 0 Å². The lowest BCUT2D eigenvalue weighted by atomic mass is 9.97. The number of nitrogens with zero attached hydrogens (tertiary/aromatic N) is 3. The average Bonchev–Trinajstić information content (AvgIpc) is 2.41. The summed E-state index contributed by atoms with van der Waals surface area (Å²) in [5.74, 6) is -1.72. The van der Waals surface area contributed by atoms with E-state index in [4.69, 9.17) is 5.11 Å². The van der Waals surface area contributed by atoms with Gasteiger partial charge in [-0.1, -0.05) is 0 Å². The van der Waals surface area contributed by atoms with Crippen molar-refractivity contribution < 1.29 is 19.5 Å². The summed E-state index contributed by atoms with van der Waals surface area (Å²) in [6.45, 7) is 0.782. The molecule has 2 heterocycles. The summed E-state index contributed by atoms with van der Waals surface area (Å²) >= 11 is 0. The molecule has 7 nitrogen and oxygen atoms in total. The molecule has 1 N–H and O–H groups in total. The van der Waals surface area contributed by atoms with Crippen LogP contribution in [0.15, 0.2) is 5.10 Å². The van der Waals surface area contributed by atoms with Crippen molar-refractivity contribution in [1.29, 1.82) is 0 Å². The molecule has 19 heavy (non-hydrogen) atoms. The predicted molar refractivity (Wildman–Crippen MR) is 66.4 cm³/mol. The number of aliphatic carboxylic acids is 1. The number of amides is 2. The first-order chi connectivity index (χ1) is 8.99. The Bertz CT molecular complexity index is 446. The van der Waals surface area contributed by atoms with Crippen LogP contribution in [0.3, 0.4) is 0 Å². The molecule has 104 valence electrons. The minimum absolute atomic E-state index is 0.112. The molecule has 0 aromatic heterocycles. The van der Waals surface area contributed by atoms with Crippen LogP contribution in [0.4, 0.5) is 0 Å². The maximum atomic E-state index is 12.2. The molecule has 0 aliphatic carbocycles. The average molecular weight is 267 g/mol. The molecule has 2 aliphatic rings. The minimum atomic E-state index is -0.865. The van der Waals surface area contributed by atoms with Gasteiger partial charge in [-0.05, 0) is 12.8 Å². The van der Waals surface area contributed by atoms with Crippen LogP contribution in [0.5, 0.6) is 0 Å². The Morgan fingerprint density at radius 2 is 2.11 bits per heavy atom. The third kappa shape index (κ3) is 2.91. The van der Waals surface area contributed by atoms with Gasteiger partial charge >= 0.3 is 5.97 Å². The van der Waals surface area contributed by atoms with E-state index in [9.17, 15) is 14.4 Å². The van der Waals surface area contributed by atoms with Gasteiger partial charge in [-0.3, -0.25) is 14.4 Å². The number of carbonyl (C=O) groups is 3. The molecule has 1 saturated heterocycles. The number of carbonyl (C=O) groups excluding carboxylic acids is 2. The fourth-order valence-electron chi connectivity index (χ4n) is 2.37. The third-order valence-corrected chi connectivity index (χ3v) is 3.51. The molecule has 1 fully saturated rings. The monoisotopic (exact) mass is 267 g/mol. The van der Waals surface area contributed by atoms with Crippen LogP contribution in [0.1, 0.15) is 25.7 Å². The number of rotatable bonds is 2. The van der Waals surface area contributed by atoms with E-state index in [0.29, 0.717) is 31.5 Å². The molecular formula is C12H17N3O4. The van der Waals surface area contributed by atoms with Gasteiger partial charge in [0.25, 0.3) is 5.91 Å². The normalized spacial score (nSPS) is 24.2. The lowest BCUT2D eigenvalue weighted by Gasteiger charge is -2.32. The van der Waals surface area contributed by atoms with Crippen molar-refractivity contribution in [2.45, 2.75) is 25.7 Å². The van der Waals surface area contributed by atoms with E-state index < -0.39 is 11.9 Å². The van der Waals surface area contributed by atoms with E-state index in [2.05, 4.69) is 5.10 Å². The summed E-state index contributed by atoms with van der Waals surface area (Å²) in [7, 11) is 1.52. The lowest BCUT2D eigenvalue weighted by molar-refractivity contribution is -0.144. The van der Waals surface area contributed by atoms with Crippen LogP contribution < -0.4 is 0 Å². The van der Waals surface area contributed by atoms with Crippen molar-refractivity contribution in [2.75, 3.05) is 20.1 Å². The lowest BCUT2D eigenvalue weighted by Crippen LogP contribution is -2.46. The van der Waals surface area contributed by atoms with Crippen LogP contribution in [0.25, 0.3) is 0 Å². The highest BCUT2D eigenvalue weighted by Crippen LogP contribution is 2.18.